The number of anilines is 3. The van der Waals surface area contributed by atoms with E-state index in [1.165, 1.54) is 76.0 Å². The van der Waals surface area contributed by atoms with Crippen molar-refractivity contribution < 1.29 is 0 Å². The van der Waals surface area contributed by atoms with Gasteiger partial charge in [0.25, 0.3) is 0 Å². The van der Waals surface area contributed by atoms with Gasteiger partial charge in [0.05, 0.1) is 45.0 Å². The Hall–Kier alpha value is -8.64. The number of rotatable bonds is 5. The molecule has 0 saturated carbocycles. The van der Waals surface area contributed by atoms with Crippen molar-refractivity contribution in [2.45, 2.75) is 9.79 Å². The summed E-state index contributed by atoms with van der Waals surface area (Å²) >= 11 is 1.86. The number of nitrogens with zero attached hydrogens (tertiary/aromatic N) is 4. The van der Waals surface area contributed by atoms with E-state index in [-0.39, 0.29) is 0 Å². The zero-order valence-corrected chi connectivity index (χ0v) is 37.6. The third-order valence-corrected chi connectivity index (χ3v) is 14.9. The van der Waals surface area contributed by atoms with E-state index in [0.29, 0.717) is 0 Å². The first kappa shape index (κ1) is 38.6. The summed E-state index contributed by atoms with van der Waals surface area (Å²) in [6, 6.07) is 83.5. The Labute approximate surface area is 398 Å². The predicted octanol–water partition coefficient (Wildman–Crippen LogP) is 17.2. The Morgan fingerprint density at radius 1 is 0.382 bits per heavy atom. The Balaban J connectivity index is 0.890. The van der Waals surface area contributed by atoms with Gasteiger partial charge in [-0.25, -0.2) is 4.98 Å². The number of benzene rings is 9. The molecule has 12 aromatic rings. The van der Waals surface area contributed by atoms with E-state index in [1.54, 1.807) is 0 Å². The first-order valence-electron chi connectivity index (χ1n) is 23.1. The minimum atomic E-state index is 0.917. The standard InChI is InChI=1S/C63H40N4S/c1-2-20-45(21-3-1)66-57-32-11-7-26-51(57)60-50-25-6-10-31-56(50)65(58-33-12-8-27-52(58)61(60)66)46-22-14-18-43(39-46)53-28-16-29-54(64-53)44-19-15-23-47(40-44)67-55-30-9-5-24-48(55)49-38-37-42-36-35-41-17-4-13-34-59(41)68-63(42)62(49)67/h1-40H. The fourth-order valence-corrected chi connectivity index (χ4v) is 11.9. The van der Waals surface area contributed by atoms with Crippen molar-refractivity contribution >= 4 is 73.7 Å². The van der Waals surface area contributed by atoms with Gasteiger partial charge in [-0.1, -0.05) is 176 Å². The van der Waals surface area contributed by atoms with E-state index in [2.05, 4.69) is 257 Å². The van der Waals surface area contributed by atoms with Crippen molar-refractivity contribution in [3.05, 3.63) is 242 Å². The van der Waals surface area contributed by atoms with E-state index in [0.717, 1.165) is 51.0 Å². The van der Waals surface area contributed by atoms with Crippen LogP contribution in [0.15, 0.2) is 240 Å². The lowest BCUT2D eigenvalue weighted by molar-refractivity contribution is 1.13. The summed E-state index contributed by atoms with van der Waals surface area (Å²) in [6.45, 7) is 0. The van der Waals surface area contributed by atoms with E-state index in [1.807, 2.05) is 11.8 Å². The molecule has 0 radical (unpaired) electrons. The van der Waals surface area contributed by atoms with Crippen molar-refractivity contribution in [3.63, 3.8) is 0 Å². The Morgan fingerprint density at radius 3 is 1.78 bits per heavy atom. The van der Waals surface area contributed by atoms with Gasteiger partial charge in [0, 0.05) is 70.8 Å². The predicted molar refractivity (Wildman–Crippen MR) is 285 cm³/mol. The molecule has 9 aromatic carbocycles. The van der Waals surface area contributed by atoms with Crippen LogP contribution < -0.4 is 4.90 Å². The fraction of sp³-hybridized carbons (Fsp3) is 0. The van der Waals surface area contributed by atoms with Crippen LogP contribution in [-0.2, 0) is 0 Å². The number of aromatic nitrogens is 3. The van der Waals surface area contributed by atoms with Gasteiger partial charge in [-0.15, -0.1) is 0 Å². The monoisotopic (exact) mass is 884 g/mol. The van der Waals surface area contributed by atoms with Gasteiger partial charge in [-0.2, -0.15) is 0 Å². The minimum Gasteiger partial charge on any atom is -0.309 e. The van der Waals surface area contributed by atoms with E-state index < -0.39 is 0 Å². The SMILES string of the molecule is C1=Cc2ccc3c4ccccc4n(-c4cccc(-c5cccc(-c6cccc(N7c8ccccc8-c8c(n(-c9ccccc9)c9ccccc89)-c8ccccc87)c6)n5)c4)c3c2Sc2ccccc21. The minimum absolute atomic E-state index is 0.917. The highest BCUT2D eigenvalue weighted by atomic mass is 32.2. The normalized spacial score (nSPS) is 12.6. The molecule has 2 aliphatic rings. The molecule has 0 fully saturated rings. The number of para-hydroxylation sites is 5. The van der Waals surface area contributed by atoms with Gasteiger partial charge in [-0.3, -0.25) is 0 Å². The number of pyridine rings is 1. The molecule has 0 saturated heterocycles. The fourth-order valence-electron chi connectivity index (χ4n) is 10.7. The van der Waals surface area contributed by atoms with Crippen LogP contribution in [0.5, 0.6) is 0 Å². The van der Waals surface area contributed by atoms with Gasteiger partial charge in [-0.05, 0) is 90.0 Å². The van der Waals surface area contributed by atoms with Gasteiger partial charge in [0.15, 0.2) is 0 Å². The largest absolute Gasteiger partial charge is 0.309 e. The number of hydrogen-bond acceptors (Lipinski definition) is 3. The Kier molecular flexibility index (Phi) is 8.79. The number of fused-ring (bicyclic) bond motifs is 13. The molecule has 2 aliphatic heterocycles. The first-order valence-corrected chi connectivity index (χ1v) is 23.9. The second-order valence-corrected chi connectivity index (χ2v) is 18.5. The van der Waals surface area contributed by atoms with Crippen LogP contribution in [0, 0.1) is 0 Å². The molecule has 0 spiro atoms. The molecule has 0 bridgehead atoms. The van der Waals surface area contributed by atoms with Gasteiger partial charge in [0.1, 0.15) is 0 Å². The Bertz CT molecular complexity index is 4030. The van der Waals surface area contributed by atoms with Gasteiger partial charge >= 0.3 is 0 Å². The molecule has 0 aliphatic carbocycles. The van der Waals surface area contributed by atoms with Crippen molar-refractivity contribution in [1.82, 2.24) is 14.1 Å². The molecular formula is C63H40N4S. The van der Waals surface area contributed by atoms with Crippen LogP contribution in [0.2, 0.25) is 0 Å². The molecule has 3 aromatic heterocycles. The van der Waals surface area contributed by atoms with Gasteiger partial charge < -0.3 is 14.0 Å². The maximum absolute atomic E-state index is 5.42. The lowest BCUT2D eigenvalue weighted by atomic mass is 9.98. The molecule has 68 heavy (non-hydrogen) atoms. The molecule has 0 N–H and O–H groups in total. The van der Waals surface area contributed by atoms with Crippen LogP contribution in [-0.4, -0.2) is 14.1 Å². The highest BCUT2D eigenvalue weighted by Crippen LogP contribution is 2.54. The molecule has 0 unspecified atom stereocenters. The third kappa shape index (κ3) is 5.99. The zero-order valence-electron chi connectivity index (χ0n) is 36.8. The molecular weight excluding hydrogens is 845 g/mol. The van der Waals surface area contributed by atoms with Crippen molar-refractivity contribution in [3.8, 4) is 56.3 Å². The third-order valence-electron chi connectivity index (χ3n) is 13.6. The molecule has 4 nitrogen and oxygen atoms in total. The average molecular weight is 885 g/mol. The van der Waals surface area contributed by atoms with E-state index >= 15 is 0 Å². The summed E-state index contributed by atoms with van der Waals surface area (Å²) in [5.41, 5.74) is 20.3. The quantitative estimate of drug-likeness (QED) is 0.172. The van der Waals surface area contributed by atoms with Crippen LogP contribution >= 0.6 is 11.8 Å². The Morgan fingerprint density at radius 2 is 0.971 bits per heavy atom. The topological polar surface area (TPSA) is 26.0 Å². The highest BCUT2D eigenvalue weighted by molar-refractivity contribution is 7.99. The molecule has 14 rings (SSSR count). The summed E-state index contributed by atoms with van der Waals surface area (Å²) in [4.78, 5) is 10.4. The van der Waals surface area contributed by atoms with Crippen LogP contribution in [0.4, 0.5) is 17.1 Å². The molecule has 5 heterocycles. The van der Waals surface area contributed by atoms with E-state index in [4.69, 9.17) is 4.98 Å². The van der Waals surface area contributed by atoms with Crippen molar-refractivity contribution in [2.75, 3.05) is 4.90 Å². The van der Waals surface area contributed by atoms with Crippen molar-refractivity contribution in [1.29, 1.82) is 0 Å². The number of hydrogen-bond donors (Lipinski definition) is 0. The lowest BCUT2D eigenvalue weighted by Crippen LogP contribution is -2.11. The van der Waals surface area contributed by atoms with Crippen molar-refractivity contribution in [2.24, 2.45) is 0 Å². The lowest BCUT2D eigenvalue weighted by Gasteiger charge is -2.28. The second-order valence-electron chi connectivity index (χ2n) is 17.5. The maximum Gasteiger partial charge on any atom is 0.0710 e. The van der Waals surface area contributed by atoms with Crippen LogP contribution in [0.25, 0.3) is 101 Å². The molecule has 0 atom stereocenters. The summed E-state index contributed by atoms with van der Waals surface area (Å²) in [6.07, 6.45) is 4.51. The van der Waals surface area contributed by atoms with Gasteiger partial charge in [0.2, 0.25) is 0 Å². The second kappa shape index (κ2) is 15.5. The highest BCUT2D eigenvalue weighted by Gasteiger charge is 2.31. The molecule has 0 amide bonds. The smallest absolute Gasteiger partial charge is 0.0710 e. The zero-order chi connectivity index (χ0) is 44.7. The first-order chi connectivity index (χ1) is 33.7. The maximum atomic E-state index is 5.42. The summed E-state index contributed by atoms with van der Waals surface area (Å²) in [7, 11) is 0. The van der Waals surface area contributed by atoms with Crippen LogP contribution in [0.1, 0.15) is 11.1 Å². The molecule has 318 valence electrons. The van der Waals surface area contributed by atoms with Crippen LogP contribution in [0.3, 0.4) is 0 Å². The summed E-state index contributed by atoms with van der Waals surface area (Å²) < 4.78 is 4.89. The summed E-state index contributed by atoms with van der Waals surface area (Å²) in [5, 5.41) is 3.72. The van der Waals surface area contributed by atoms with E-state index in [9.17, 15) is 0 Å². The molecule has 5 heteroatoms. The summed E-state index contributed by atoms with van der Waals surface area (Å²) in [5.74, 6) is 0. The average Bonchev–Trinajstić information content (AvgIpc) is 3.80.